The number of ether oxygens (including phenoxy) is 1. The van der Waals surface area contributed by atoms with Gasteiger partial charge in [0.2, 0.25) is 5.91 Å². The number of rotatable bonds is 8. The zero-order chi connectivity index (χ0) is 22.1. The van der Waals surface area contributed by atoms with E-state index in [1.54, 1.807) is 24.1 Å². The average Bonchev–Trinajstić information content (AvgIpc) is 2.72. The van der Waals surface area contributed by atoms with Crippen LogP contribution in [-0.2, 0) is 9.53 Å². The third kappa shape index (κ3) is 7.02. The van der Waals surface area contributed by atoms with Crippen LogP contribution in [0.25, 0.3) is 0 Å². The number of hydrogen-bond donors (Lipinski definition) is 3. The van der Waals surface area contributed by atoms with Crippen molar-refractivity contribution in [3.8, 4) is 0 Å². The summed E-state index contributed by atoms with van der Waals surface area (Å²) in [5, 5.41) is 8.65. The highest BCUT2D eigenvalue weighted by molar-refractivity contribution is 5.97. The first-order chi connectivity index (χ1) is 14.3. The maximum Gasteiger partial charge on any atom is 0.317 e. The fraction of sp³-hybridized carbons (Fsp3) is 0.591. The summed E-state index contributed by atoms with van der Waals surface area (Å²) < 4.78 is 5.00. The second-order valence-electron chi connectivity index (χ2n) is 8.03. The lowest BCUT2D eigenvalue weighted by Gasteiger charge is -2.36. The molecule has 1 aromatic rings. The van der Waals surface area contributed by atoms with Gasteiger partial charge in [-0.1, -0.05) is 17.7 Å². The molecule has 4 amide bonds. The van der Waals surface area contributed by atoms with Gasteiger partial charge in [0.05, 0.1) is 6.61 Å². The summed E-state index contributed by atoms with van der Waals surface area (Å²) in [4.78, 5) is 39.6. The summed E-state index contributed by atoms with van der Waals surface area (Å²) in [5.41, 5.74) is 1.58. The summed E-state index contributed by atoms with van der Waals surface area (Å²) in [7, 11) is 1.57. The standard InChI is InChI=1S/C22H34N4O4/c1-15(2)24-22(29)26-12-9-17(10-13-26)19(21(28)23-11-14-30-4)25-20(27)18-7-5-16(3)6-8-18/h5-8,15,17,19H,9-14H2,1-4H3,(H,23,28)(H,24,29)(H,25,27)/t19-/m0/s1. The molecule has 2 rings (SSSR count). The molecule has 1 heterocycles. The molecule has 1 aliphatic rings. The maximum absolute atomic E-state index is 12.8. The number of methoxy groups -OCH3 is 1. The van der Waals surface area contributed by atoms with Crippen LogP contribution >= 0.6 is 0 Å². The number of benzene rings is 1. The SMILES string of the molecule is COCCNC(=O)[C@@H](NC(=O)c1ccc(C)cc1)C1CCN(C(=O)NC(C)C)CC1. The van der Waals surface area contributed by atoms with Crippen LogP contribution in [0.1, 0.15) is 42.6 Å². The van der Waals surface area contributed by atoms with E-state index < -0.39 is 6.04 Å². The van der Waals surface area contributed by atoms with E-state index in [1.807, 2.05) is 32.9 Å². The quantitative estimate of drug-likeness (QED) is 0.560. The van der Waals surface area contributed by atoms with Crippen LogP contribution in [0.4, 0.5) is 4.79 Å². The van der Waals surface area contributed by atoms with Crippen LogP contribution < -0.4 is 16.0 Å². The van der Waals surface area contributed by atoms with E-state index in [-0.39, 0.29) is 29.8 Å². The highest BCUT2D eigenvalue weighted by atomic mass is 16.5. The largest absolute Gasteiger partial charge is 0.383 e. The Morgan fingerprint density at radius 2 is 1.73 bits per heavy atom. The Labute approximate surface area is 178 Å². The molecule has 0 aliphatic carbocycles. The van der Waals surface area contributed by atoms with Crippen LogP contribution in [0.3, 0.4) is 0 Å². The predicted octanol–water partition coefficient (Wildman–Crippen LogP) is 1.69. The van der Waals surface area contributed by atoms with E-state index in [2.05, 4.69) is 16.0 Å². The first kappa shape index (κ1) is 23.7. The number of likely N-dealkylation sites (tertiary alicyclic amines) is 1. The summed E-state index contributed by atoms with van der Waals surface area (Å²) in [6.45, 7) is 7.67. The van der Waals surface area contributed by atoms with Gasteiger partial charge in [0.1, 0.15) is 6.04 Å². The molecule has 166 valence electrons. The Morgan fingerprint density at radius 3 is 2.30 bits per heavy atom. The van der Waals surface area contributed by atoms with Crippen molar-refractivity contribution in [3.05, 3.63) is 35.4 Å². The third-order valence-corrected chi connectivity index (χ3v) is 5.20. The number of nitrogens with zero attached hydrogens (tertiary/aromatic N) is 1. The lowest BCUT2D eigenvalue weighted by Crippen LogP contribution is -2.55. The molecule has 0 radical (unpaired) electrons. The first-order valence-electron chi connectivity index (χ1n) is 10.5. The molecule has 1 atom stereocenters. The minimum Gasteiger partial charge on any atom is -0.383 e. The van der Waals surface area contributed by atoms with Crippen molar-refractivity contribution in [1.29, 1.82) is 0 Å². The van der Waals surface area contributed by atoms with Gasteiger partial charge in [0.15, 0.2) is 0 Å². The Kier molecular flexibility index (Phi) is 9.11. The van der Waals surface area contributed by atoms with Crippen molar-refractivity contribution in [2.75, 3.05) is 33.4 Å². The van der Waals surface area contributed by atoms with Crippen LogP contribution in [-0.4, -0.2) is 68.2 Å². The zero-order valence-electron chi connectivity index (χ0n) is 18.4. The van der Waals surface area contributed by atoms with Gasteiger partial charge in [-0.3, -0.25) is 9.59 Å². The zero-order valence-corrected chi connectivity index (χ0v) is 18.4. The summed E-state index contributed by atoms with van der Waals surface area (Å²) >= 11 is 0. The van der Waals surface area contributed by atoms with Crippen molar-refractivity contribution >= 4 is 17.8 Å². The minimum atomic E-state index is -0.661. The van der Waals surface area contributed by atoms with Gasteiger partial charge in [-0.05, 0) is 51.7 Å². The van der Waals surface area contributed by atoms with Crippen molar-refractivity contribution in [2.45, 2.75) is 45.7 Å². The topological polar surface area (TPSA) is 99.8 Å². The smallest absolute Gasteiger partial charge is 0.317 e. The van der Waals surface area contributed by atoms with Crippen LogP contribution in [0, 0.1) is 12.8 Å². The van der Waals surface area contributed by atoms with Crippen molar-refractivity contribution in [2.24, 2.45) is 5.92 Å². The highest BCUT2D eigenvalue weighted by Gasteiger charge is 2.34. The summed E-state index contributed by atoms with van der Waals surface area (Å²) in [5.74, 6) is -0.551. The van der Waals surface area contributed by atoms with Crippen molar-refractivity contribution < 1.29 is 19.1 Å². The maximum atomic E-state index is 12.8. The van der Waals surface area contributed by atoms with Crippen molar-refractivity contribution in [1.82, 2.24) is 20.9 Å². The molecule has 8 heteroatoms. The number of carbonyl (C=O) groups excluding carboxylic acids is 3. The number of carbonyl (C=O) groups is 3. The van der Waals surface area contributed by atoms with Crippen LogP contribution in [0.2, 0.25) is 0 Å². The molecule has 1 aromatic carbocycles. The second kappa shape index (κ2) is 11.5. The Bertz CT molecular complexity index is 712. The number of hydrogen-bond acceptors (Lipinski definition) is 4. The molecule has 1 aliphatic heterocycles. The molecule has 0 bridgehead atoms. The molecular formula is C22H34N4O4. The van der Waals surface area contributed by atoms with E-state index in [0.29, 0.717) is 44.6 Å². The summed E-state index contributed by atoms with van der Waals surface area (Å²) in [6, 6.07) is 6.57. The summed E-state index contributed by atoms with van der Waals surface area (Å²) in [6.07, 6.45) is 1.28. The Hall–Kier alpha value is -2.61. The molecule has 0 aromatic heterocycles. The van der Waals surface area contributed by atoms with E-state index in [9.17, 15) is 14.4 Å². The number of amides is 4. The van der Waals surface area contributed by atoms with Crippen LogP contribution in [0.15, 0.2) is 24.3 Å². The molecule has 8 nitrogen and oxygen atoms in total. The Balaban J connectivity index is 2.04. The number of nitrogens with one attached hydrogen (secondary N) is 3. The van der Waals surface area contributed by atoms with Crippen LogP contribution in [0.5, 0.6) is 0 Å². The molecular weight excluding hydrogens is 384 g/mol. The van der Waals surface area contributed by atoms with Gasteiger partial charge in [0, 0.05) is 38.3 Å². The molecule has 30 heavy (non-hydrogen) atoms. The van der Waals surface area contributed by atoms with Gasteiger partial charge >= 0.3 is 6.03 Å². The molecule has 0 unspecified atom stereocenters. The number of aryl methyl sites for hydroxylation is 1. The Morgan fingerprint density at radius 1 is 1.10 bits per heavy atom. The van der Waals surface area contributed by atoms with E-state index in [4.69, 9.17) is 4.74 Å². The minimum absolute atomic E-state index is 0.0509. The number of urea groups is 1. The van der Waals surface area contributed by atoms with Gasteiger partial charge in [-0.15, -0.1) is 0 Å². The lowest BCUT2D eigenvalue weighted by molar-refractivity contribution is -0.124. The molecule has 1 fully saturated rings. The lowest BCUT2D eigenvalue weighted by atomic mass is 9.88. The molecule has 0 saturated carbocycles. The van der Waals surface area contributed by atoms with E-state index >= 15 is 0 Å². The molecule has 0 spiro atoms. The van der Waals surface area contributed by atoms with Gasteiger partial charge in [-0.25, -0.2) is 4.79 Å². The number of piperidine rings is 1. The predicted molar refractivity (Wildman–Crippen MR) is 115 cm³/mol. The highest BCUT2D eigenvalue weighted by Crippen LogP contribution is 2.22. The van der Waals surface area contributed by atoms with Crippen molar-refractivity contribution in [3.63, 3.8) is 0 Å². The van der Waals surface area contributed by atoms with E-state index in [1.165, 1.54) is 0 Å². The van der Waals surface area contributed by atoms with Gasteiger partial charge in [0.25, 0.3) is 5.91 Å². The second-order valence-corrected chi connectivity index (χ2v) is 8.03. The monoisotopic (exact) mass is 418 g/mol. The van der Waals surface area contributed by atoms with E-state index in [0.717, 1.165) is 5.56 Å². The molecule has 3 N–H and O–H groups in total. The van der Waals surface area contributed by atoms with Gasteiger partial charge in [-0.2, -0.15) is 0 Å². The van der Waals surface area contributed by atoms with Gasteiger partial charge < -0.3 is 25.6 Å². The fourth-order valence-corrected chi connectivity index (χ4v) is 3.49. The fourth-order valence-electron chi connectivity index (χ4n) is 3.49. The molecule has 1 saturated heterocycles. The third-order valence-electron chi connectivity index (χ3n) is 5.20. The normalized spacial score (nSPS) is 15.6. The average molecular weight is 419 g/mol. The first-order valence-corrected chi connectivity index (χ1v) is 10.5.